The van der Waals surface area contributed by atoms with Crippen LogP contribution in [0.15, 0.2) is 53.4 Å². The highest BCUT2D eigenvalue weighted by Crippen LogP contribution is 2.35. The van der Waals surface area contributed by atoms with E-state index in [2.05, 4.69) is 5.32 Å². The van der Waals surface area contributed by atoms with Crippen LogP contribution in [0.5, 0.6) is 5.75 Å². The molecule has 31 heavy (non-hydrogen) atoms. The number of carbonyl (C=O) groups excluding carboxylic acids is 1. The third-order valence-electron chi connectivity index (χ3n) is 5.49. The van der Waals surface area contributed by atoms with Crippen molar-refractivity contribution in [2.75, 3.05) is 26.4 Å². The van der Waals surface area contributed by atoms with Crippen molar-refractivity contribution in [1.29, 1.82) is 0 Å². The Bertz CT molecular complexity index is 986. The largest absolute Gasteiger partial charge is 0.494 e. The van der Waals surface area contributed by atoms with Crippen LogP contribution in [0.1, 0.15) is 35.7 Å². The Labute approximate surface area is 180 Å². The van der Waals surface area contributed by atoms with Crippen molar-refractivity contribution in [3.05, 3.63) is 59.7 Å². The van der Waals surface area contributed by atoms with Gasteiger partial charge in [0, 0.05) is 30.7 Å². The zero-order valence-corrected chi connectivity index (χ0v) is 18.0. The first-order valence-corrected chi connectivity index (χ1v) is 11.5. The summed E-state index contributed by atoms with van der Waals surface area (Å²) >= 11 is 0. The maximum absolute atomic E-state index is 12.7. The van der Waals surface area contributed by atoms with Gasteiger partial charge in [0.15, 0.2) is 0 Å². The van der Waals surface area contributed by atoms with E-state index >= 15 is 0 Å². The van der Waals surface area contributed by atoms with E-state index in [-0.39, 0.29) is 11.0 Å². The zero-order chi connectivity index (χ0) is 22.5. The molecule has 1 saturated heterocycles. The fraction of sp³-hybridized carbons (Fsp3) is 0.409. The molecule has 1 fully saturated rings. The van der Waals surface area contributed by atoms with Gasteiger partial charge >= 0.3 is 5.76 Å². The van der Waals surface area contributed by atoms with Gasteiger partial charge in [0.25, 0.3) is 5.91 Å². The molecule has 0 aromatic heterocycles. The average molecular weight is 454 g/mol. The van der Waals surface area contributed by atoms with Crippen molar-refractivity contribution in [2.45, 2.75) is 35.8 Å². The molecule has 1 N–H and O–H groups in total. The van der Waals surface area contributed by atoms with E-state index in [1.54, 1.807) is 0 Å². The first-order valence-electron chi connectivity index (χ1n) is 10.00. The van der Waals surface area contributed by atoms with Crippen LogP contribution >= 0.6 is 0 Å². The summed E-state index contributed by atoms with van der Waals surface area (Å²) < 4.78 is 59.4. The number of sulfone groups is 1. The smallest absolute Gasteiger partial charge is 0.341 e. The van der Waals surface area contributed by atoms with Gasteiger partial charge < -0.3 is 14.8 Å². The number of rotatable bonds is 8. The zero-order valence-electron chi connectivity index (χ0n) is 17.1. The second-order valence-electron chi connectivity index (χ2n) is 7.36. The molecule has 0 bridgehead atoms. The number of hydrogen-bond donors (Lipinski definition) is 1. The molecular formula is C22H25F2NO5S. The molecule has 9 heteroatoms. The van der Waals surface area contributed by atoms with E-state index in [1.807, 2.05) is 31.2 Å². The maximum atomic E-state index is 12.7. The lowest BCUT2D eigenvalue weighted by Crippen LogP contribution is -2.44. The van der Waals surface area contributed by atoms with Gasteiger partial charge in [-0.25, -0.2) is 8.42 Å². The fourth-order valence-electron chi connectivity index (χ4n) is 3.65. The Morgan fingerprint density at radius 2 is 1.71 bits per heavy atom. The number of ether oxygens (including phenoxy) is 2. The van der Waals surface area contributed by atoms with Gasteiger partial charge in [-0.1, -0.05) is 12.1 Å². The number of halogens is 2. The summed E-state index contributed by atoms with van der Waals surface area (Å²) in [5.41, 5.74) is 0.956. The Morgan fingerprint density at radius 1 is 1.10 bits per heavy atom. The van der Waals surface area contributed by atoms with Crippen molar-refractivity contribution in [2.24, 2.45) is 0 Å². The summed E-state index contributed by atoms with van der Waals surface area (Å²) in [7, 11) is -4.69. The predicted octanol–water partition coefficient (Wildman–Crippen LogP) is 3.56. The van der Waals surface area contributed by atoms with Crippen LogP contribution in [0.4, 0.5) is 8.78 Å². The molecule has 1 heterocycles. The Kier molecular flexibility index (Phi) is 7.27. The minimum Gasteiger partial charge on any atom is -0.494 e. The van der Waals surface area contributed by atoms with E-state index in [0.29, 0.717) is 26.4 Å². The van der Waals surface area contributed by atoms with Gasteiger partial charge in [0.2, 0.25) is 9.84 Å². The third-order valence-corrected chi connectivity index (χ3v) is 6.89. The van der Waals surface area contributed by atoms with Gasteiger partial charge in [-0.15, -0.1) is 0 Å². The Balaban J connectivity index is 1.74. The van der Waals surface area contributed by atoms with E-state index in [1.165, 1.54) is 12.1 Å². The molecule has 0 unspecified atom stereocenters. The quantitative estimate of drug-likeness (QED) is 0.661. The fourth-order valence-corrected chi connectivity index (χ4v) is 4.37. The van der Waals surface area contributed by atoms with Crippen molar-refractivity contribution in [1.82, 2.24) is 5.32 Å². The van der Waals surface area contributed by atoms with Crippen LogP contribution in [0.2, 0.25) is 0 Å². The standard InChI is InChI=1S/C22H25F2NO5S/c1-2-30-18-7-5-17(6-8-18)22(11-13-29-14-12-22)15-25-20(26)16-3-9-19(10-4-16)31(27,28)21(23)24/h3-10,21H,2,11-15H2,1H3,(H,25,26). The van der Waals surface area contributed by atoms with Crippen LogP contribution in [0.3, 0.4) is 0 Å². The highest BCUT2D eigenvalue weighted by atomic mass is 32.2. The van der Waals surface area contributed by atoms with E-state index < -0.39 is 26.4 Å². The molecule has 0 saturated carbocycles. The van der Waals surface area contributed by atoms with Gasteiger partial charge in [-0.3, -0.25) is 4.79 Å². The number of amides is 1. The molecule has 2 aromatic rings. The van der Waals surface area contributed by atoms with E-state index in [4.69, 9.17) is 9.47 Å². The molecule has 0 aliphatic carbocycles. The van der Waals surface area contributed by atoms with Crippen molar-refractivity contribution < 1.29 is 31.5 Å². The van der Waals surface area contributed by atoms with Crippen molar-refractivity contribution >= 4 is 15.7 Å². The molecule has 3 rings (SSSR count). The minimum atomic E-state index is -4.69. The van der Waals surface area contributed by atoms with Gasteiger partial charge in [0.05, 0.1) is 11.5 Å². The second-order valence-corrected chi connectivity index (χ2v) is 9.28. The number of nitrogens with one attached hydrogen (secondary N) is 1. The Hall–Kier alpha value is -2.52. The van der Waals surface area contributed by atoms with E-state index in [9.17, 15) is 22.0 Å². The molecule has 0 atom stereocenters. The maximum Gasteiger partial charge on any atom is 0.341 e. The molecule has 0 radical (unpaired) electrons. The molecule has 6 nitrogen and oxygen atoms in total. The van der Waals surface area contributed by atoms with Gasteiger partial charge in [-0.05, 0) is 61.7 Å². The topological polar surface area (TPSA) is 81.7 Å². The lowest BCUT2D eigenvalue weighted by molar-refractivity contribution is 0.0487. The van der Waals surface area contributed by atoms with Gasteiger partial charge in [0.1, 0.15) is 5.75 Å². The Morgan fingerprint density at radius 3 is 2.26 bits per heavy atom. The number of benzene rings is 2. The highest BCUT2D eigenvalue weighted by molar-refractivity contribution is 7.91. The number of hydrogen-bond acceptors (Lipinski definition) is 5. The molecule has 0 spiro atoms. The molecule has 2 aromatic carbocycles. The van der Waals surface area contributed by atoms with Gasteiger partial charge in [-0.2, -0.15) is 8.78 Å². The SMILES string of the molecule is CCOc1ccc(C2(CNC(=O)c3ccc(S(=O)(=O)C(F)F)cc3)CCOCC2)cc1. The van der Waals surface area contributed by atoms with Crippen LogP contribution in [0, 0.1) is 0 Å². The summed E-state index contributed by atoms with van der Waals surface area (Å²) in [4.78, 5) is 12.1. The number of alkyl halides is 2. The summed E-state index contributed by atoms with van der Waals surface area (Å²) in [5.74, 6) is -3.14. The summed E-state index contributed by atoms with van der Waals surface area (Å²) in [5, 5.41) is 2.91. The van der Waals surface area contributed by atoms with Crippen molar-refractivity contribution in [3.8, 4) is 5.75 Å². The lowest BCUT2D eigenvalue weighted by Gasteiger charge is -2.38. The van der Waals surface area contributed by atoms with E-state index in [0.717, 1.165) is 36.3 Å². The van der Waals surface area contributed by atoms with Crippen LogP contribution in [-0.4, -0.2) is 46.4 Å². The molecule has 168 valence electrons. The monoisotopic (exact) mass is 453 g/mol. The molecular weight excluding hydrogens is 428 g/mol. The minimum absolute atomic E-state index is 0.196. The highest BCUT2D eigenvalue weighted by Gasteiger charge is 2.35. The first kappa shape index (κ1) is 23.1. The normalized spacial score (nSPS) is 16.1. The van der Waals surface area contributed by atoms with Crippen molar-refractivity contribution in [3.63, 3.8) is 0 Å². The molecule has 1 aliphatic rings. The molecule has 1 aliphatic heterocycles. The summed E-state index contributed by atoms with van der Waals surface area (Å²) in [6.07, 6.45) is 1.46. The predicted molar refractivity (Wildman–Crippen MR) is 111 cm³/mol. The summed E-state index contributed by atoms with van der Waals surface area (Å²) in [6.45, 7) is 4.00. The second kappa shape index (κ2) is 9.74. The van der Waals surface area contributed by atoms with Crippen LogP contribution in [-0.2, 0) is 20.0 Å². The summed E-state index contributed by atoms with van der Waals surface area (Å²) in [6, 6.07) is 12.3. The molecule has 1 amide bonds. The third kappa shape index (κ3) is 5.22. The number of carbonyl (C=O) groups is 1. The first-order chi connectivity index (χ1) is 14.8. The lowest BCUT2D eigenvalue weighted by atomic mass is 9.74. The van der Waals surface area contributed by atoms with Crippen LogP contribution < -0.4 is 10.1 Å². The van der Waals surface area contributed by atoms with Crippen LogP contribution in [0.25, 0.3) is 0 Å². The average Bonchev–Trinajstić information content (AvgIpc) is 2.79.